The number of aliphatic hydroxyl groups excluding tert-OH is 1. The third-order valence-corrected chi connectivity index (χ3v) is 3.01. The van der Waals surface area contributed by atoms with Crippen LogP contribution in [-0.2, 0) is 13.2 Å². The van der Waals surface area contributed by atoms with Gasteiger partial charge in [-0.15, -0.1) is 0 Å². The van der Waals surface area contributed by atoms with Gasteiger partial charge in [-0.1, -0.05) is 11.6 Å². The van der Waals surface area contributed by atoms with Crippen molar-refractivity contribution < 1.29 is 19.0 Å². The molecular formula is C14H13ClO5. The van der Waals surface area contributed by atoms with Gasteiger partial charge in [-0.05, 0) is 18.2 Å². The van der Waals surface area contributed by atoms with Gasteiger partial charge in [-0.25, -0.2) is 0 Å². The summed E-state index contributed by atoms with van der Waals surface area (Å²) in [4.78, 5) is 11.7. The Balaban J connectivity index is 2.14. The maximum atomic E-state index is 11.7. The largest absolute Gasteiger partial charge is 0.497 e. The van der Waals surface area contributed by atoms with Gasteiger partial charge in [0.1, 0.15) is 31.0 Å². The third kappa shape index (κ3) is 3.31. The van der Waals surface area contributed by atoms with Crippen LogP contribution in [0.4, 0.5) is 0 Å². The molecule has 1 N–H and O–H groups in total. The second-order valence-electron chi connectivity index (χ2n) is 3.98. The molecule has 0 aliphatic carbocycles. The summed E-state index contributed by atoms with van der Waals surface area (Å²) in [6.07, 6.45) is 1.17. The predicted molar refractivity (Wildman–Crippen MR) is 73.2 cm³/mol. The highest BCUT2D eigenvalue weighted by Gasteiger charge is 2.07. The maximum absolute atomic E-state index is 11.7. The number of rotatable bonds is 5. The van der Waals surface area contributed by atoms with Crippen molar-refractivity contribution in [2.24, 2.45) is 0 Å². The lowest BCUT2D eigenvalue weighted by Crippen LogP contribution is -2.08. The van der Waals surface area contributed by atoms with Crippen LogP contribution >= 0.6 is 11.6 Å². The molecule has 1 heterocycles. The van der Waals surface area contributed by atoms with Crippen molar-refractivity contribution in [1.29, 1.82) is 0 Å². The van der Waals surface area contributed by atoms with Crippen LogP contribution in [0.5, 0.6) is 11.5 Å². The molecule has 0 saturated carbocycles. The molecule has 0 aliphatic rings. The standard InChI is InChI=1S/C14H13ClO5/c1-18-10-2-3-12(15)9(4-10)7-20-14-8-19-11(6-16)5-13(14)17/h2-5,8,16H,6-7H2,1H3. The molecule has 1 aromatic carbocycles. The number of aliphatic hydroxyl groups is 1. The molecule has 0 radical (unpaired) electrons. The molecule has 2 rings (SSSR count). The van der Waals surface area contributed by atoms with E-state index in [-0.39, 0.29) is 30.2 Å². The molecule has 6 heteroatoms. The average molecular weight is 297 g/mol. The molecule has 0 spiro atoms. The van der Waals surface area contributed by atoms with Crippen LogP contribution in [0.3, 0.4) is 0 Å². The molecule has 0 atom stereocenters. The van der Waals surface area contributed by atoms with Gasteiger partial charge in [-0.3, -0.25) is 4.79 Å². The van der Waals surface area contributed by atoms with E-state index in [1.54, 1.807) is 25.3 Å². The highest BCUT2D eigenvalue weighted by atomic mass is 35.5. The monoisotopic (exact) mass is 296 g/mol. The number of halogens is 1. The topological polar surface area (TPSA) is 68.9 Å². The highest BCUT2D eigenvalue weighted by molar-refractivity contribution is 6.31. The molecule has 1 aromatic heterocycles. The van der Waals surface area contributed by atoms with Crippen molar-refractivity contribution in [1.82, 2.24) is 0 Å². The first-order valence-corrected chi connectivity index (χ1v) is 6.19. The lowest BCUT2D eigenvalue weighted by atomic mass is 10.2. The second kappa shape index (κ2) is 6.45. The van der Waals surface area contributed by atoms with Crippen LogP contribution in [0.2, 0.25) is 5.02 Å². The predicted octanol–water partition coefficient (Wildman–Crippen LogP) is 2.37. The van der Waals surface area contributed by atoms with E-state index in [4.69, 9.17) is 30.6 Å². The first-order valence-electron chi connectivity index (χ1n) is 5.82. The van der Waals surface area contributed by atoms with E-state index in [9.17, 15) is 4.79 Å². The number of methoxy groups -OCH3 is 1. The normalized spacial score (nSPS) is 10.3. The summed E-state index contributed by atoms with van der Waals surface area (Å²) in [5, 5.41) is 9.37. The van der Waals surface area contributed by atoms with Crippen LogP contribution < -0.4 is 14.9 Å². The summed E-state index contributed by atoms with van der Waals surface area (Å²) in [7, 11) is 1.55. The Bertz CT molecular complexity index is 650. The first kappa shape index (κ1) is 14.4. The van der Waals surface area contributed by atoms with Gasteiger partial charge in [0.2, 0.25) is 11.2 Å². The Hall–Kier alpha value is -1.98. The summed E-state index contributed by atoms with van der Waals surface area (Å²) in [6.45, 7) is -0.226. The number of ether oxygens (including phenoxy) is 2. The number of hydrogen-bond donors (Lipinski definition) is 1. The third-order valence-electron chi connectivity index (χ3n) is 2.64. The molecule has 5 nitrogen and oxygen atoms in total. The number of hydrogen-bond acceptors (Lipinski definition) is 5. The summed E-state index contributed by atoms with van der Waals surface area (Å²) >= 11 is 6.04. The fourth-order valence-corrected chi connectivity index (χ4v) is 1.74. The smallest absolute Gasteiger partial charge is 0.227 e. The van der Waals surface area contributed by atoms with Crippen molar-refractivity contribution in [3.63, 3.8) is 0 Å². The van der Waals surface area contributed by atoms with E-state index in [0.29, 0.717) is 16.3 Å². The molecular weight excluding hydrogens is 284 g/mol. The lowest BCUT2D eigenvalue weighted by Gasteiger charge is -2.08. The minimum atomic E-state index is -0.362. The molecule has 0 amide bonds. The summed E-state index contributed by atoms with van der Waals surface area (Å²) < 4.78 is 15.5. The zero-order valence-corrected chi connectivity index (χ0v) is 11.5. The van der Waals surface area contributed by atoms with Crippen molar-refractivity contribution in [3.05, 3.63) is 57.1 Å². The van der Waals surface area contributed by atoms with Gasteiger partial charge in [0.05, 0.1) is 7.11 Å². The fourth-order valence-electron chi connectivity index (χ4n) is 1.57. The van der Waals surface area contributed by atoms with Gasteiger partial charge in [0.25, 0.3) is 0 Å². The van der Waals surface area contributed by atoms with Gasteiger partial charge >= 0.3 is 0 Å². The van der Waals surface area contributed by atoms with Gasteiger partial charge < -0.3 is 19.0 Å². The quantitative estimate of drug-likeness (QED) is 0.917. The SMILES string of the molecule is COc1ccc(Cl)c(COc2coc(CO)cc2=O)c1. The average Bonchev–Trinajstić information content (AvgIpc) is 2.47. The Kier molecular flexibility index (Phi) is 4.65. The lowest BCUT2D eigenvalue weighted by molar-refractivity contribution is 0.236. The zero-order valence-electron chi connectivity index (χ0n) is 10.8. The van der Waals surface area contributed by atoms with Crippen molar-refractivity contribution >= 4 is 11.6 Å². The van der Waals surface area contributed by atoms with Gasteiger partial charge in [0.15, 0.2) is 0 Å². The second-order valence-corrected chi connectivity index (χ2v) is 4.39. The molecule has 0 bridgehead atoms. The van der Waals surface area contributed by atoms with Crippen LogP contribution in [0.15, 0.2) is 39.7 Å². The molecule has 0 fully saturated rings. The summed E-state index contributed by atoms with van der Waals surface area (Å²) in [5.74, 6) is 0.888. The maximum Gasteiger partial charge on any atom is 0.227 e. The molecule has 0 unspecified atom stereocenters. The molecule has 2 aromatic rings. The summed E-state index contributed by atoms with van der Waals surface area (Å²) in [6, 6.07) is 6.33. The number of benzene rings is 1. The van der Waals surface area contributed by atoms with E-state index in [1.807, 2.05) is 0 Å². The van der Waals surface area contributed by atoms with E-state index in [1.165, 1.54) is 12.3 Å². The Labute approximate surface area is 120 Å². The molecule has 20 heavy (non-hydrogen) atoms. The fraction of sp³-hybridized carbons (Fsp3) is 0.214. The van der Waals surface area contributed by atoms with Crippen LogP contribution in [0, 0.1) is 0 Å². The zero-order chi connectivity index (χ0) is 14.5. The van der Waals surface area contributed by atoms with Gasteiger partial charge in [-0.2, -0.15) is 0 Å². The molecule has 106 valence electrons. The van der Waals surface area contributed by atoms with Gasteiger partial charge in [0, 0.05) is 16.7 Å². The van der Waals surface area contributed by atoms with Crippen LogP contribution in [0.1, 0.15) is 11.3 Å². The van der Waals surface area contributed by atoms with Crippen molar-refractivity contribution in [2.75, 3.05) is 7.11 Å². The first-order chi connectivity index (χ1) is 9.63. The Morgan fingerprint density at radius 1 is 1.35 bits per heavy atom. The Morgan fingerprint density at radius 3 is 2.80 bits per heavy atom. The highest BCUT2D eigenvalue weighted by Crippen LogP contribution is 2.23. The van der Waals surface area contributed by atoms with E-state index >= 15 is 0 Å². The van der Waals surface area contributed by atoms with Crippen LogP contribution in [0.25, 0.3) is 0 Å². The van der Waals surface area contributed by atoms with E-state index in [2.05, 4.69) is 0 Å². The van der Waals surface area contributed by atoms with Crippen LogP contribution in [-0.4, -0.2) is 12.2 Å². The van der Waals surface area contributed by atoms with Crippen molar-refractivity contribution in [2.45, 2.75) is 13.2 Å². The van der Waals surface area contributed by atoms with Crippen molar-refractivity contribution in [3.8, 4) is 11.5 Å². The minimum Gasteiger partial charge on any atom is -0.497 e. The van der Waals surface area contributed by atoms with E-state index in [0.717, 1.165) is 0 Å². The summed E-state index contributed by atoms with van der Waals surface area (Å²) in [5.41, 5.74) is 0.330. The van der Waals surface area contributed by atoms with E-state index < -0.39 is 0 Å². The Morgan fingerprint density at radius 2 is 2.15 bits per heavy atom. The molecule has 0 aliphatic heterocycles. The minimum absolute atomic E-state index is 0.0566. The molecule has 0 saturated heterocycles.